The summed E-state index contributed by atoms with van der Waals surface area (Å²) in [6.07, 6.45) is 2.84. The number of rotatable bonds is 5. The van der Waals surface area contributed by atoms with Gasteiger partial charge in [-0.25, -0.2) is 0 Å². The summed E-state index contributed by atoms with van der Waals surface area (Å²) in [7, 11) is 0. The highest BCUT2D eigenvalue weighted by Gasteiger charge is 2.15. The topological polar surface area (TPSA) is 44.0 Å². The molecule has 0 saturated heterocycles. The summed E-state index contributed by atoms with van der Waals surface area (Å²) in [6, 6.07) is 2.25. The van der Waals surface area contributed by atoms with Crippen LogP contribution in [0.5, 0.6) is 0 Å². The van der Waals surface area contributed by atoms with E-state index in [9.17, 15) is 5.11 Å². The Bertz CT molecular complexity index is 176. The second-order valence-electron chi connectivity index (χ2n) is 4.60. The summed E-state index contributed by atoms with van der Waals surface area (Å²) in [4.78, 5) is 0. The van der Waals surface area contributed by atoms with Crippen molar-refractivity contribution >= 4 is 0 Å². The predicted molar refractivity (Wildman–Crippen MR) is 54.1 cm³/mol. The Balaban J connectivity index is 3.61. The van der Waals surface area contributed by atoms with Crippen molar-refractivity contribution in [3.8, 4) is 6.07 Å². The normalized spacial score (nSPS) is 16.3. The fraction of sp³-hybridized carbons (Fsp3) is 0.909. The van der Waals surface area contributed by atoms with Crippen LogP contribution in [-0.4, -0.2) is 10.7 Å². The lowest BCUT2D eigenvalue weighted by Crippen LogP contribution is -2.18. The number of nitriles is 1. The molecule has 0 amide bonds. The lowest BCUT2D eigenvalue weighted by atomic mass is 9.90. The lowest BCUT2D eigenvalue weighted by Gasteiger charge is -2.19. The van der Waals surface area contributed by atoms with Crippen molar-refractivity contribution in [1.82, 2.24) is 0 Å². The SMILES string of the molecule is CC(C#N)C(C)CCCC(C)(C)O. The molecule has 0 heterocycles. The van der Waals surface area contributed by atoms with Crippen LogP contribution >= 0.6 is 0 Å². The molecule has 0 aliphatic carbocycles. The minimum absolute atomic E-state index is 0.127. The average molecular weight is 183 g/mol. The molecule has 1 N–H and O–H groups in total. The maximum Gasteiger partial charge on any atom is 0.0655 e. The molecular formula is C11H21NO. The van der Waals surface area contributed by atoms with Crippen LogP contribution < -0.4 is 0 Å². The van der Waals surface area contributed by atoms with Gasteiger partial charge in [0.05, 0.1) is 11.7 Å². The smallest absolute Gasteiger partial charge is 0.0655 e. The van der Waals surface area contributed by atoms with Crippen LogP contribution in [0.25, 0.3) is 0 Å². The Labute approximate surface area is 81.6 Å². The minimum atomic E-state index is -0.560. The third kappa shape index (κ3) is 6.60. The van der Waals surface area contributed by atoms with Gasteiger partial charge in [-0.15, -0.1) is 0 Å². The summed E-state index contributed by atoms with van der Waals surface area (Å²) in [6.45, 7) is 7.70. The molecule has 76 valence electrons. The van der Waals surface area contributed by atoms with E-state index in [1.54, 1.807) is 0 Å². The third-order valence-electron chi connectivity index (χ3n) is 2.51. The average Bonchev–Trinajstić information content (AvgIpc) is 2.00. The number of aliphatic hydroxyl groups is 1. The van der Waals surface area contributed by atoms with Gasteiger partial charge in [-0.05, 0) is 39.5 Å². The van der Waals surface area contributed by atoms with Crippen molar-refractivity contribution in [1.29, 1.82) is 5.26 Å². The molecule has 0 fully saturated rings. The van der Waals surface area contributed by atoms with Crippen molar-refractivity contribution in [3.05, 3.63) is 0 Å². The zero-order chi connectivity index (χ0) is 10.5. The van der Waals surface area contributed by atoms with E-state index in [0.717, 1.165) is 19.3 Å². The molecule has 0 aromatic rings. The van der Waals surface area contributed by atoms with Crippen LogP contribution in [0.3, 0.4) is 0 Å². The first-order chi connectivity index (χ1) is 5.87. The molecule has 0 saturated carbocycles. The van der Waals surface area contributed by atoms with Gasteiger partial charge in [0, 0.05) is 5.92 Å². The summed E-state index contributed by atoms with van der Waals surface area (Å²) in [5, 5.41) is 18.1. The van der Waals surface area contributed by atoms with Crippen molar-refractivity contribution in [2.75, 3.05) is 0 Å². The third-order valence-corrected chi connectivity index (χ3v) is 2.51. The van der Waals surface area contributed by atoms with E-state index in [-0.39, 0.29) is 5.92 Å². The van der Waals surface area contributed by atoms with E-state index in [2.05, 4.69) is 13.0 Å². The van der Waals surface area contributed by atoms with E-state index in [4.69, 9.17) is 5.26 Å². The molecule has 0 bridgehead atoms. The fourth-order valence-electron chi connectivity index (χ4n) is 1.23. The molecule has 0 spiro atoms. The molecule has 0 aliphatic heterocycles. The molecule has 13 heavy (non-hydrogen) atoms. The lowest BCUT2D eigenvalue weighted by molar-refractivity contribution is 0.0666. The van der Waals surface area contributed by atoms with Crippen molar-refractivity contribution in [2.24, 2.45) is 11.8 Å². The number of hydrogen-bond acceptors (Lipinski definition) is 2. The van der Waals surface area contributed by atoms with Gasteiger partial charge in [0.1, 0.15) is 0 Å². The Morgan fingerprint density at radius 2 is 1.92 bits per heavy atom. The quantitative estimate of drug-likeness (QED) is 0.712. The zero-order valence-electron chi connectivity index (χ0n) is 9.17. The van der Waals surface area contributed by atoms with Crippen LogP contribution in [0.15, 0.2) is 0 Å². The summed E-state index contributed by atoms with van der Waals surface area (Å²) < 4.78 is 0. The minimum Gasteiger partial charge on any atom is -0.390 e. The number of nitrogens with zero attached hydrogens (tertiary/aromatic N) is 1. The van der Waals surface area contributed by atoms with Crippen LogP contribution in [0.1, 0.15) is 47.0 Å². The van der Waals surface area contributed by atoms with Gasteiger partial charge in [-0.1, -0.05) is 13.3 Å². The Morgan fingerprint density at radius 3 is 2.31 bits per heavy atom. The van der Waals surface area contributed by atoms with E-state index in [1.807, 2.05) is 20.8 Å². The Kier molecular flexibility index (Phi) is 5.02. The molecule has 2 heteroatoms. The van der Waals surface area contributed by atoms with E-state index in [1.165, 1.54) is 0 Å². The Morgan fingerprint density at radius 1 is 1.38 bits per heavy atom. The Hall–Kier alpha value is -0.550. The highest BCUT2D eigenvalue weighted by molar-refractivity contribution is 4.82. The van der Waals surface area contributed by atoms with Gasteiger partial charge in [0.25, 0.3) is 0 Å². The first-order valence-corrected chi connectivity index (χ1v) is 4.99. The van der Waals surface area contributed by atoms with E-state index in [0.29, 0.717) is 5.92 Å². The first kappa shape index (κ1) is 12.4. The maximum atomic E-state index is 9.46. The molecule has 0 radical (unpaired) electrons. The van der Waals surface area contributed by atoms with Crippen LogP contribution in [0, 0.1) is 23.2 Å². The predicted octanol–water partition coefficient (Wildman–Crippen LogP) is 2.72. The van der Waals surface area contributed by atoms with Gasteiger partial charge >= 0.3 is 0 Å². The standard InChI is InChI=1S/C11H21NO/c1-9(10(2)8-12)6-5-7-11(3,4)13/h9-10,13H,5-7H2,1-4H3. The van der Waals surface area contributed by atoms with Gasteiger partial charge in [0.15, 0.2) is 0 Å². The highest BCUT2D eigenvalue weighted by atomic mass is 16.3. The molecular weight excluding hydrogens is 162 g/mol. The largest absolute Gasteiger partial charge is 0.390 e. The van der Waals surface area contributed by atoms with Crippen LogP contribution in [0.2, 0.25) is 0 Å². The summed E-state index contributed by atoms with van der Waals surface area (Å²) in [5.41, 5.74) is -0.560. The molecule has 2 atom stereocenters. The maximum absolute atomic E-state index is 9.46. The van der Waals surface area contributed by atoms with Gasteiger partial charge in [-0.3, -0.25) is 0 Å². The molecule has 2 unspecified atom stereocenters. The van der Waals surface area contributed by atoms with Crippen molar-refractivity contribution < 1.29 is 5.11 Å². The van der Waals surface area contributed by atoms with Crippen LogP contribution in [-0.2, 0) is 0 Å². The summed E-state index contributed by atoms with van der Waals surface area (Å²) >= 11 is 0. The van der Waals surface area contributed by atoms with Crippen molar-refractivity contribution in [3.63, 3.8) is 0 Å². The zero-order valence-corrected chi connectivity index (χ0v) is 9.17. The molecule has 0 aromatic carbocycles. The fourth-order valence-corrected chi connectivity index (χ4v) is 1.23. The summed E-state index contributed by atoms with van der Waals surface area (Å²) in [5.74, 6) is 0.564. The molecule has 0 rings (SSSR count). The second-order valence-corrected chi connectivity index (χ2v) is 4.60. The number of hydrogen-bond donors (Lipinski definition) is 1. The highest BCUT2D eigenvalue weighted by Crippen LogP contribution is 2.20. The van der Waals surface area contributed by atoms with Gasteiger partial charge < -0.3 is 5.11 Å². The monoisotopic (exact) mass is 183 g/mol. The van der Waals surface area contributed by atoms with Gasteiger partial charge in [0.2, 0.25) is 0 Å². The first-order valence-electron chi connectivity index (χ1n) is 4.99. The van der Waals surface area contributed by atoms with Crippen molar-refractivity contribution in [2.45, 2.75) is 52.6 Å². The van der Waals surface area contributed by atoms with Gasteiger partial charge in [-0.2, -0.15) is 5.26 Å². The molecule has 2 nitrogen and oxygen atoms in total. The second kappa shape index (κ2) is 5.24. The molecule has 0 aromatic heterocycles. The van der Waals surface area contributed by atoms with Crippen LogP contribution in [0.4, 0.5) is 0 Å². The van der Waals surface area contributed by atoms with E-state index >= 15 is 0 Å². The van der Waals surface area contributed by atoms with E-state index < -0.39 is 5.60 Å². The molecule has 0 aliphatic rings.